The number of nitrogens with zero attached hydrogens (tertiary/aromatic N) is 2. The molecule has 1 aliphatic heterocycles. The second-order valence-electron chi connectivity index (χ2n) is 6.26. The summed E-state index contributed by atoms with van der Waals surface area (Å²) >= 11 is 1.04. The van der Waals surface area contributed by atoms with Gasteiger partial charge in [-0.1, -0.05) is 12.1 Å². The fourth-order valence-electron chi connectivity index (χ4n) is 3.27. The molecule has 0 saturated carbocycles. The van der Waals surface area contributed by atoms with Crippen molar-refractivity contribution in [1.29, 1.82) is 0 Å². The molecule has 1 unspecified atom stereocenters. The van der Waals surface area contributed by atoms with Gasteiger partial charge in [0.25, 0.3) is 5.91 Å². The summed E-state index contributed by atoms with van der Waals surface area (Å²) in [7, 11) is 0. The lowest BCUT2D eigenvalue weighted by Crippen LogP contribution is -2.50. The average molecular weight is 405 g/mol. The number of halogens is 3. The van der Waals surface area contributed by atoms with Crippen LogP contribution in [0.15, 0.2) is 54.9 Å². The molecule has 0 saturated heterocycles. The molecule has 1 amide bonds. The third-order valence-electron chi connectivity index (χ3n) is 4.60. The summed E-state index contributed by atoms with van der Waals surface area (Å²) in [5.74, 6) is 0.110. The number of carbonyl (C=O) groups is 1. The highest BCUT2D eigenvalue weighted by Gasteiger charge is 2.43. The summed E-state index contributed by atoms with van der Waals surface area (Å²) in [6.45, 7) is 0.280. The highest BCUT2D eigenvalue weighted by molar-refractivity contribution is 7.08. The molecule has 0 aliphatic carbocycles. The highest BCUT2D eigenvalue weighted by Crippen LogP contribution is 2.41. The predicted octanol–water partition coefficient (Wildman–Crippen LogP) is 4.01. The van der Waals surface area contributed by atoms with Gasteiger partial charge >= 0.3 is 6.18 Å². The van der Waals surface area contributed by atoms with Crippen LogP contribution in [-0.2, 0) is 11.7 Å². The minimum atomic E-state index is -4.44. The zero-order valence-corrected chi connectivity index (χ0v) is 15.2. The summed E-state index contributed by atoms with van der Waals surface area (Å²) in [6.07, 6.45) is -1.04. The van der Waals surface area contributed by atoms with Crippen LogP contribution in [0.1, 0.15) is 32.9 Å². The quantitative estimate of drug-likeness (QED) is 0.715. The number of rotatable bonds is 3. The largest absolute Gasteiger partial charge is 0.491 e. The molecule has 0 fully saturated rings. The molecule has 28 heavy (non-hydrogen) atoms. The van der Waals surface area contributed by atoms with Gasteiger partial charge in [-0.25, -0.2) is 4.37 Å². The van der Waals surface area contributed by atoms with Gasteiger partial charge < -0.3 is 10.1 Å². The molecule has 2 aromatic heterocycles. The lowest BCUT2D eigenvalue weighted by Gasteiger charge is -2.38. The maximum absolute atomic E-state index is 13.0. The summed E-state index contributed by atoms with van der Waals surface area (Å²) < 4.78 is 48.5. The summed E-state index contributed by atoms with van der Waals surface area (Å²) in [4.78, 5) is 17.6. The van der Waals surface area contributed by atoms with Crippen molar-refractivity contribution in [2.24, 2.45) is 0 Å². The smallest absolute Gasteiger partial charge is 0.416 e. The number of alkyl halides is 3. The molecule has 5 nitrogen and oxygen atoms in total. The van der Waals surface area contributed by atoms with Crippen LogP contribution in [0.3, 0.4) is 0 Å². The number of pyridine rings is 1. The van der Waals surface area contributed by atoms with E-state index in [1.165, 1.54) is 18.3 Å². The van der Waals surface area contributed by atoms with Crippen molar-refractivity contribution >= 4 is 17.4 Å². The van der Waals surface area contributed by atoms with E-state index in [1.54, 1.807) is 24.4 Å². The van der Waals surface area contributed by atoms with Gasteiger partial charge in [0, 0.05) is 18.8 Å². The molecular weight excluding hydrogens is 391 g/mol. The second-order valence-corrected chi connectivity index (χ2v) is 7.09. The summed E-state index contributed by atoms with van der Waals surface area (Å²) in [5.41, 5.74) is -0.908. The van der Waals surface area contributed by atoms with E-state index >= 15 is 0 Å². The van der Waals surface area contributed by atoms with E-state index in [0.29, 0.717) is 28.3 Å². The molecule has 1 atom stereocenters. The molecule has 9 heteroatoms. The molecular formula is C19H14F3N3O2S. The van der Waals surface area contributed by atoms with Crippen molar-refractivity contribution in [3.05, 3.63) is 76.6 Å². The van der Waals surface area contributed by atoms with E-state index in [-0.39, 0.29) is 12.5 Å². The van der Waals surface area contributed by atoms with Crippen LogP contribution in [0.5, 0.6) is 5.75 Å². The molecule has 1 aromatic carbocycles. The van der Waals surface area contributed by atoms with Crippen molar-refractivity contribution in [1.82, 2.24) is 14.7 Å². The van der Waals surface area contributed by atoms with Crippen LogP contribution < -0.4 is 10.1 Å². The molecule has 0 spiro atoms. The minimum absolute atomic E-state index is 0.280. The average Bonchev–Trinajstić information content (AvgIpc) is 3.23. The Bertz CT molecular complexity index is 990. The third kappa shape index (κ3) is 3.22. The minimum Gasteiger partial charge on any atom is -0.491 e. The van der Waals surface area contributed by atoms with Gasteiger partial charge in [-0.05, 0) is 47.4 Å². The number of amides is 1. The molecule has 0 bridgehead atoms. The maximum Gasteiger partial charge on any atom is 0.416 e. The van der Waals surface area contributed by atoms with Gasteiger partial charge in [0.2, 0.25) is 0 Å². The molecule has 144 valence electrons. The zero-order chi connectivity index (χ0) is 19.8. The standard InChI is InChI=1S/C19H14F3N3O2S/c20-19(21,22)13-5-3-12(4-6-13)18(25-17(26)15-7-10-24-28-15)8-11-27-14-2-1-9-23-16(14)18/h1-7,9-10H,8,11H2,(H,25,26). The van der Waals surface area contributed by atoms with Crippen LogP contribution in [0.2, 0.25) is 0 Å². The van der Waals surface area contributed by atoms with Gasteiger partial charge in [-0.2, -0.15) is 13.2 Å². The Morgan fingerprint density at radius 1 is 1.14 bits per heavy atom. The van der Waals surface area contributed by atoms with E-state index < -0.39 is 17.3 Å². The van der Waals surface area contributed by atoms with E-state index in [4.69, 9.17) is 4.74 Å². The van der Waals surface area contributed by atoms with E-state index in [2.05, 4.69) is 14.7 Å². The SMILES string of the molecule is O=C(NC1(c2ccc(C(F)(F)F)cc2)CCOc2cccnc21)c1ccns1. The number of carbonyl (C=O) groups excluding carboxylic acids is 1. The van der Waals surface area contributed by atoms with Crippen LogP contribution >= 0.6 is 11.5 Å². The molecule has 1 N–H and O–H groups in total. The predicted molar refractivity (Wildman–Crippen MR) is 96.2 cm³/mol. The van der Waals surface area contributed by atoms with E-state index in [1.807, 2.05) is 0 Å². The summed E-state index contributed by atoms with van der Waals surface area (Å²) in [5, 5.41) is 2.97. The monoisotopic (exact) mass is 405 g/mol. The molecule has 3 aromatic rings. The number of hydrogen-bond donors (Lipinski definition) is 1. The van der Waals surface area contributed by atoms with Crippen molar-refractivity contribution in [2.45, 2.75) is 18.1 Å². The number of aromatic nitrogens is 2. The Morgan fingerprint density at radius 2 is 1.93 bits per heavy atom. The Hall–Kier alpha value is -2.94. The first-order valence-electron chi connectivity index (χ1n) is 8.39. The fraction of sp³-hybridized carbons (Fsp3) is 0.211. The topological polar surface area (TPSA) is 64.1 Å². The molecule has 3 heterocycles. The summed E-state index contributed by atoms with van der Waals surface area (Å²) in [6, 6.07) is 9.77. The lowest BCUT2D eigenvalue weighted by molar-refractivity contribution is -0.137. The normalized spacial score (nSPS) is 18.8. The number of nitrogens with one attached hydrogen (secondary N) is 1. The molecule has 4 rings (SSSR count). The highest BCUT2D eigenvalue weighted by atomic mass is 32.1. The Morgan fingerprint density at radius 3 is 2.61 bits per heavy atom. The van der Waals surface area contributed by atoms with E-state index in [0.717, 1.165) is 23.7 Å². The zero-order valence-electron chi connectivity index (χ0n) is 14.4. The number of hydrogen-bond acceptors (Lipinski definition) is 5. The second kappa shape index (κ2) is 6.90. The van der Waals surface area contributed by atoms with E-state index in [9.17, 15) is 18.0 Å². The number of ether oxygens (including phenoxy) is 1. The fourth-order valence-corrected chi connectivity index (χ4v) is 3.76. The van der Waals surface area contributed by atoms with Crippen LogP contribution in [0.4, 0.5) is 13.2 Å². The Kier molecular flexibility index (Phi) is 4.54. The van der Waals surface area contributed by atoms with Crippen molar-refractivity contribution < 1.29 is 22.7 Å². The van der Waals surface area contributed by atoms with Gasteiger partial charge in [0.05, 0.1) is 12.2 Å². The lowest BCUT2D eigenvalue weighted by atomic mass is 9.81. The Labute approximate surface area is 162 Å². The van der Waals surface area contributed by atoms with Crippen LogP contribution in [0.25, 0.3) is 0 Å². The first kappa shape index (κ1) is 18.4. The number of fused-ring (bicyclic) bond motifs is 1. The molecule has 1 aliphatic rings. The van der Waals surface area contributed by atoms with Gasteiger partial charge in [-0.15, -0.1) is 0 Å². The van der Waals surface area contributed by atoms with Gasteiger partial charge in [0.15, 0.2) is 0 Å². The van der Waals surface area contributed by atoms with Crippen LogP contribution in [-0.4, -0.2) is 21.9 Å². The third-order valence-corrected chi connectivity index (χ3v) is 5.35. The van der Waals surface area contributed by atoms with Crippen molar-refractivity contribution in [2.75, 3.05) is 6.61 Å². The number of benzene rings is 1. The van der Waals surface area contributed by atoms with Crippen molar-refractivity contribution in [3.8, 4) is 5.75 Å². The molecule has 0 radical (unpaired) electrons. The first-order chi connectivity index (χ1) is 13.4. The Balaban J connectivity index is 1.82. The van der Waals surface area contributed by atoms with Crippen LogP contribution in [0, 0.1) is 0 Å². The van der Waals surface area contributed by atoms with Gasteiger partial charge in [-0.3, -0.25) is 9.78 Å². The maximum atomic E-state index is 13.0. The first-order valence-corrected chi connectivity index (χ1v) is 9.17. The van der Waals surface area contributed by atoms with Gasteiger partial charge in [0.1, 0.15) is 21.9 Å². The van der Waals surface area contributed by atoms with Crippen molar-refractivity contribution in [3.63, 3.8) is 0 Å².